The quantitative estimate of drug-likeness (QED) is 0.619. The van der Waals surface area contributed by atoms with Crippen LogP contribution in [0.25, 0.3) is 22.5 Å². The van der Waals surface area contributed by atoms with Crippen LogP contribution in [0.15, 0.2) is 42.5 Å². The topological polar surface area (TPSA) is 43.6 Å². The van der Waals surface area contributed by atoms with Crippen LogP contribution >= 0.6 is 0 Å². The largest absolute Gasteiger partial charge is 0.416 e. The van der Waals surface area contributed by atoms with Gasteiger partial charge in [-0.05, 0) is 45.8 Å². The first-order valence-electron chi connectivity index (χ1n) is 7.19. The van der Waals surface area contributed by atoms with E-state index in [1.807, 2.05) is 0 Å². The molecular formula is C16H10F6N4. The molecule has 26 heavy (non-hydrogen) atoms. The van der Waals surface area contributed by atoms with Gasteiger partial charge in [-0.2, -0.15) is 26.3 Å². The fourth-order valence-electron chi connectivity index (χ4n) is 2.45. The Balaban J connectivity index is 2.17. The molecular weight excluding hydrogens is 362 g/mol. The molecule has 4 nitrogen and oxygen atoms in total. The first-order valence-corrected chi connectivity index (χ1v) is 7.19. The smallest absolute Gasteiger partial charge is 0.229 e. The number of halogens is 6. The lowest BCUT2D eigenvalue weighted by Crippen LogP contribution is -2.06. The highest BCUT2D eigenvalue weighted by Gasteiger charge is 2.32. The summed E-state index contributed by atoms with van der Waals surface area (Å²) in [4.78, 5) is 0. The second-order valence-electron chi connectivity index (χ2n) is 5.46. The second kappa shape index (κ2) is 6.11. The summed E-state index contributed by atoms with van der Waals surface area (Å²) in [5.74, 6) is 0.0611. The fourth-order valence-corrected chi connectivity index (χ4v) is 2.45. The van der Waals surface area contributed by atoms with Crippen LogP contribution in [0.4, 0.5) is 26.3 Å². The number of rotatable bonds is 2. The number of nitrogens with zero attached hydrogens (tertiary/aromatic N) is 4. The van der Waals surface area contributed by atoms with E-state index >= 15 is 0 Å². The van der Waals surface area contributed by atoms with Crippen LogP contribution in [0, 0.1) is 0 Å². The average molecular weight is 372 g/mol. The molecule has 10 heteroatoms. The Bertz CT molecular complexity index is 925. The summed E-state index contributed by atoms with van der Waals surface area (Å²) < 4.78 is 78.4. The lowest BCUT2D eigenvalue weighted by molar-refractivity contribution is -0.138. The molecule has 2 aromatic carbocycles. The summed E-state index contributed by atoms with van der Waals surface area (Å²) in [6.07, 6.45) is -9.09. The summed E-state index contributed by atoms with van der Waals surface area (Å²) >= 11 is 0. The molecule has 0 fully saturated rings. The van der Waals surface area contributed by atoms with Crippen LogP contribution < -0.4 is 0 Å². The number of alkyl halides is 6. The van der Waals surface area contributed by atoms with Gasteiger partial charge in [0.05, 0.1) is 11.1 Å². The van der Waals surface area contributed by atoms with E-state index in [0.717, 1.165) is 24.3 Å². The van der Waals surface area contributed by atoms with Crippen molar-refractivity contribution in [2.24, 2.45) is 7.05 Å². The molecule has 1 heterocycles. The van der Waals surface area contributed by atoms with E-state index in [4.69, 9.17) is 0 Å². The second-order valence-corrected chi connectivity index (χ2v) is 5.46. The molecule has 3 rings (SSSR count). The molecule has 0 saturated heterocycles. The van der Waals surface area contributed by atoms with Gasteiger partial charge in [-0.1, -0.05) is 18.2 Å². The third-order valence-electron chi connectivity index (χ3n) is 3.73. The van der Waals surface area contributed by atoms with Crippen molar-refractivity contribution in [2.45, 2.75) is 12.4 Å². The number of tetrazole rings is 1. The number of benzene rings is 2. The average Bonchev–Trinajstić information content (AvgIpc) is 2.99. The van der Waals surface area contributed by atoms with E-state index in [1.165, 1.54) is 29.9 Å². The van der Waals surface area contributed by atoms with Crippen LogP contribution in [0.3, 0.4) is 0 Å². The maximum atomic E-state index is 13.0. The number of hydrogen-bond donors (Lipinski definition) is 0. The van der Waals surface area contributed by atoms with Gasteiger partial charge in [0, 0.05) is 12.6 Å². The number of aromatic nitrogens is 4. The lowest BCUT2D eigenvalue weighted by Gasteiger charge is -2.14. The molecule has 0 aliphatic heterocycles. The molecule has 3 aromatic rings. The Labute approximate surface area is 143 Å². The Morgan fingerprint density at radius 2 is 1.35 bits per heavy atom. The van der Waals surface area contributed by atoms with Gasteiger partial charge in [0.15, 0.2) is 5.82 Å². The van der Waals surface area contributed by atoms with Crippen molar-refractivity contribution in [3.8, 4) is 22.5 Å². The highest BCUT2D eigenvalue weighted by molar-refractivity contribution is 5.81. The zero-order chi connectivity index (χ0) is 19.1. The minimum atomic E-state index is -4.58. The van der Waals surface area contributed by atoms with Crippen LogP contribution in [0.2, 0.25) is 0 Å². The Kier molecular flexibility index (Phi) is 4.21. The first-order chi connectivity index (χ1) is 12.1. The third kappa shape index (κ3) is 3.39. The third-order valence-corrected chi connectivity index (χ3v) is 3.73. The predicted octanol–water partition coefficient (Wildman–Crippen LogP) is 4.58. The van der Waals surface area contributed by atoms with Gasteiger partial charge in [-0.25, -0.2) is 4.68 Å². The summed E-state index contributed by atoms with van der Waals surface area (Å²) in [6, 6.07) is 7.04. The summed E-state index contributed by atoms with van der Waals surface area (Å²) in [5.41, 5.74) is -1.11. The highest BCUT2D eigenvalue weighted by atomic mass is 19.4. The van der Waals surface area contributed by atoms with Crippen molar-refractivity contribution < 1.29 is 26.3 Å². The maximum Gasteiger partial charge on any atom is 0.416 e. The first kappa shape index (κ1) is 17.9. The summed E-state index contributed by atoms with van der Waals surface area (Å²) in [6.45, 7) is 0. The minimum Gasteiger partial charge on any atom is -0.229 e. The molecule has 0 aliphatic rings. The molecule has 0 amide bonds. The van der Waals surface area contributed by atoms with Crippen LogP contribution in [-0.2, 0) is 19.4 Å². The van der Waals surface area contributed by atoms with Crippen LogP contribution in [0.5, 0.6) is 0 Å². The fraction of sp³-hybridized carbons (Fsp3) is 0.188. The van der Waals surface area contributed by atoms with Crippen molar-refractivity contribution in [2.75, 3.05) is 0 Å². The predicted molar refractivity (Wildman–Crippen MR) is 79.7 cm³/mol. The monoisotopic (exact) mass is 372 g/mol. The van der Waals surface area contributed by atoms with E-state index in [1.54, 1.807) is 0 Å². The molecule has 0 unspecified atom stereocenters. The van der Waals surface area contributed by atoms with E-state index in [-0.39, 0.29) is 17.0 Å². The SMILES string of the molecule is Cn1nnnc1-c1cc(C(F)(F)F)ccc1-c1ccc(C(F)(F)F)cc1. The van der Waals surface area contributed by atoms with Gasteiger partial charge in [0.1, 0.15) is 0 Å². The van der Waals surface area contributed by atoms with E-state index in [2.05, 4.69) is 15.5 Å². The Morgan fingerprint density at radius 1 is 0.769 bits per heavy atom. The summed E-state index contributed by atoms with van der Waals surface area (Å²) in [7, 11) is 1.45. The standard InChI is InChI=1S/C16H10F6N4/c1-26-14(23-24-25-26)13-8-11(16(20,21)22)6-7-12(13)9-2-4-10(5-3-9)15(17,18)19/h2-8H,1H3. The lowest BCUT2D eigenvalue weighted by atomic mass is 9.96. The van der Waals surface area contributed by atoms with Gasteiger partial charge in [-0.3, -0.25) is 0 Å². The molecule has 136 valence electrons. The Hall–Kier alpha value is -2.91. The van der Waals surface area contributed by atoms with Gasteiger partial charge in [0.2, 0.25) is 0 Å². The summed E-state index contributed by atoms with van der Waals surface area (Å²) in [5, 5.41) is 10.7. The number of hydrogen-bond acceptors (Lipinski definition) is 3. The molecule has 0 N–H and O–H groups in total. The van der Waals surface area contributed by atoms with Crippen molar-refractivity contribution in [1.29, 1.82) is 0 Å². The van der Waals surface area contributed by atoms with Crippen molar-refractivity contribution in [3.05, 3.63) is 53.6 Å². The van der Waals surface area contributed by atoms with Gasteiger partial charge < -0.3 is 0 Å². The zero-order valence-corrected chi connectivity index (χ0v) is 13.1. The Morgan fingerprint density at radius 3 is 1.85 bits per heavy atom. The maximum absolute atomic E-state index is 13.0. The van der Waals surface area contributed by atoms with Crippen molar-refractivity contribution in [1.82, 2.24) is 20.2 Å². The van der Waals surface area contributed by atoms with Crippen molar-refractivity contribution in [3.63, 3.8) is 0 Å². The molecule has 0 saturated carbocycles. The van der Waals surface area contributed by atoms with Gasteiger partial charge >= 0.3 is 12.4 Å². The molecule has 0 bridgehead atoms. The van der Waals surface area contributed by atoms with E-state index in [0.29, 0.717) is 5.56 Å². The normalized spacial score (nSPS) is 12.4. The van der Waals surface area contributed by atoms with E-state index in [9.17, 15) is 26.3 Å². The molecule has 0 radical (unpaired) electrons. The molecule has 0 spiro atoms. The van der Waals surface area contributed by atoms with Gasteiger partial charge in [0.25, 0.3) is 0 Å². The minimum absolute atomic E-state index is 0.0611. The highest BCUT2D eigenvalue weighted by Crippen LogP contribution is 2.38. The van der Waals surface area contributed by atoms with Crippen LogP contribution in [0.1, 0.15) is 11.1 Å². The number of aryl methyl sites for hydroxylation is 1. The molecule has 1 aromatic heterocycles. The zero-order valence-electron chi connectivity index (χ0n) is 13.1. The molecule has 0 aliphatic carbocycles. The molecule has 0 atom stereocenters. The van der Waals surface area contributed by atoms with E-state index < -0.39 is 23.5 Å². The van der Waals surface area contributed by atoms with Gasteiger partial charge in [-0.15, -0.1) is 5.10 Å². The van der Waals surface area contributed by atoms with Crippen LogP contribution in [-0.4, -0.2) is 20.2 Å². The van der Waals surface area contributed by atoms with Crippen molar-refractivity contribution >= 4 is 0 Å².